The smallest absolute Gasteiger partial charge is 0.222 e. The van der Waals surface area contributed by atoms with E-state index in [-0.39, 0.29) is 5.91 Å². The van der Waals surface area contributed by atoms with Crippen LogP contribution in [0.15, 0.2) is 65.4 Å². The number of imidazole rings is 1. The van der Waals surface area contributed by atoms with Crippen LogP contribution in [0.5, 0.6) is 0 Å². The molecule has 3 aromatic rings. The molecule has 1 atom stereocenters. The minimum absolute atomic E-state index is 0.271. The van der Waals surface area contributed by atoms with Crippen LogP contribution < -0.4 is 0 Å². The largest absolute Gasteiger partial charge is 0.343 e. The van der Waals surface area contributed by atoms with Crippen LogP contribution in [0.1, 0.15) is 43.2 Å². The normalized spacial score (nSPS) is 20.4. The van der Waals surface area contributed by atoms with Crippen molar-refractivity contribution in [1.82, 2.24) is 14.5 Å². The van der Waals surface area contributed by atoms with Crippen LogP contribution in [0.2, 0.25) is 0 Å². The molecule has 1 unspecified atom stereocenters. The van der Waals surface area contributed by atoms with E-state index in [0.29, 0.717) is 6.42 Å². The summed E-state index contributed by atoms with van der Waals surface area (Å²) in [5.74, 6) is 1.25. The summed E-state index contributed by atoms with van der Waals surface area (Å²) in [6, 6.07) is 17.0. The summed E-state index contributed by atoms with van der Waals surface area (Å²) in [6.07, 6.45) is 8.66. The third-order valence-corrected chi connectivity index (χ3v) is 6.93. The third kappa shape index (κ3) is 3.03. The van der Waals surface area contributed by atoms with Gasteiger partial charge < -0.3 is 9.47 Å². The lowest BCUT2D eigenvalue weighted by Crippen LogP contribution is -2.38. The summed E-state index contributed by atoms with van der Waals surface area (Å²) in [5.41, 5.74) is 3.17. The van der Waals surface area contributed by atoms with Crippen molar-refractivity contribution in [3.05, 3.63) is 76.5 Å². The van der Waals surface area contributed by atoms with Gasteiger partial charge in [0.2, 0.25) is 5.91 Å². The molecule has 0 spiro atoms. The number of piperidine rings is 1. The summed E-state index contributed by atoms with van der Waals surface area (Å²) in [7, 11) is 0. The highest BCUT2D eigenvalue weighted by Gasteiger charge is 2.45. The second-order valence-corrected chi connectivity index (χ2v) is 8.89. The number of rotatable bonds is 4. The van der Waals surface area contributed by atoms with Gasteiger partial charge in [0.15, 0.2) is 0 Å². The van der Waals surface area contributed by atoms with Crippen molar-refractivity contribution in [2.75, 3.05) is 13.1 Å². The predicted octanol–water partition coefficient (Wildman–Crippen LogP) is 5.21. The monoisotopic (exact) mass is 449 g/mol. The van der Waals surface area contributed by atoms with Gasteiger partial charge in [-0.05, 0) is 48.9 Å². The molecule has 3 heterocycles. The first-order chi connectivity index (χ1) is 14.2. The summed E-state index contributed by atoms with van der Waals surface area (Å²) in [4.78, 5) is 19.7. The van der Waals surface area contributed by atoms with Crippen LogP contribution in [0.4, 0.5) is 0 Å². The number of hydrogen-bond donors (Lipinski definition) is 0. The Morgan fingerprint density at radius 1 is 1.03 bits per heavy atom. The zero-order valence-corrected chi connectivity index (χ0v) is 17.9. The molecule has 1 aromatic heterocycles. The van der Waals surface area contributed by atoms with Gasteiger partial charge in [-0.1, -0.05) is 52.3 Å². The van der Waals surface area contributed by atoms with Crippen LogP contribution in [0.3, 0.4) is 0 Å². The Bertz CT molecular complexity index is 1040. The van der Waals surface area contributed by atoms with Gasteiger partial charge >= 0.3 is 0 Å². The molecular weight excluding hydrogens is 426 g/mol. The molecule has 0 radical (unpaired) electrons. The summed E-state index contributed by atoms with van der Waals surface area (Å²) in [6.45, 7) is 1.80. The lowest BCUT2D eigenvalue weighted by molar-refractivity contribution is -0.132. The van der Waals surface area contributed by atoms with E-state index in [2.05, 4.69) is 85.1 Å². The minimum atomic E-state index is -0.408. The highest BCUT2D eigenvalue weighted by atomic mass is 79.9. The lowest BCUT2D eigenvalue weighted by atomic mass is 9.79. The molecule has 2 aliphatic heterocycles. The molecule has 0 aliphatic carbocycles. The zero-order chi connectivity index (χ0) is 19.8. The topological polar surface area (TPSA) is 38.1 Å². The lowest BCUT2D eigenvalue weighted by Gasteiger charge is -2.35. The number of benzene rings is 2. The van der Waals surface area contributed by atoms with Gasteiger partial charge in [0, 0.05) is 41.9 Å². The van der Waals surface area contributed by atoms with E-state index in [1.54, 1.807) is 0 Å². The van der Waals surface area contributed by atoms with E-state index < -0.39 is 5.54 Å². The third-order valence-electron chi connectivity index (χ3n) is 6.40. The fraction of sp³-hybridized carbons (Fsp3) is 0.333. The Labute approximate surface area is 179 Å². The van der Waals surface area contributed by atoms with E-state index >= 15 is 0 Å². The average Bonchev–Trinajstić information content (AvgIpc) is 3.35. The van der Waals surface area contributed by atoms with E-state index in [4.69, 9.17) is 0 Å². The predicted molar refractivity (Wildman–Crippen MR) is 118 cm³/mol. The number of amides is 1. The molecule has 2 aliphatic rings. The highest BCUT2D eigenvalue weighted by Crippen LogP contribution is 2.49. The van der Waals surface area contributed by atoms with Gasteiger partial charge in [0.25, 0.3) is 0 Å². The van der Waals surface area contributed by atoms with Crippen molar-refractivity contribution in [3.63, 3.8) is 0 Å². The number of carbonyl (C=O) groups is 1. The second-order valence-electron chi connectivity index (χ2n) is 7.98. The Kier molecular flexibility index (Phi) is 4.78. The standard InChI is InChI=1S/C24H24BrN3O/c25-19-10-8-18(9-11-19)24(13-12-22(29)27-15-4-1-5-16-27)21-7-3-2-6-20(21)23-26-14-17-28(23)24/h2-3,6-11,14,17H,1,4-5,12-13,15-16H2. The van der Waals surface area contributed by atoms with E-state index in [0.717, 1.165) is 48.2 Å². The molecule has 0 saturated carbocycles. The van der Waals surface area contributed by atoms with Crippen molar-refractivity contribution in [1.29, 1.82) is 0 Å². The van der Waals surface area contributed by atoms with Gasteiger partial charge in [-0.25, -0.2) is 4.98 Å². The summed E-state index contributed by atoms with van der Waals surface area (Å²) < 4.78 is 3.32. The number of fused-ring (bicyclic) bond motifs is 3. The van der Waals surface area contributed by atoms with Gasteiger partial charge in [0.05, 0.1) is 5.54 Å². The molecule has 5 heteroatoms. The molecule has 148 valence electrons. The minimum Gasteiger partial charge on any atom is -0.343 e. The number of halogens is 1. The van der Waals surface area contributed by atoms with Crippen LogP contribution >= 0.6 is 15.9 Å². The molecule has 1 fully saturated rings. The highest BCUT2D eigenvalue weighted by molar-refractivity contribution is 9.10. The zero-order valence-electron chi connectivity index (χ0n) is 16.4. The van der Waals surface area contributed by atoms with Crippen molar-refractivity contribution < 1.29 is 4.79 Å². The fourth-order valence-corrected chi connectivity index (χ4v) is 5.25. The van der Waals surface area contributed by atoms with Crippen molar-refractivity contribution >= 4 is 21.8 Å². The van der Waals surface area contributed by atoms with Gasteiger partial charge in [-0.3, -0.25) is 4.79 Å². The number of likely N-dealkylation sites (tertiary alicyclic amines) is 1. The molecule has 1 amide bonds. The second kappa shape index (κ2) is 7.45. The molecule has 5 rings (SSSR count). The fourth-order valence-electron chi connectivity index (χ4n) is 4.99. The van der Waals surface area contributed by atoms with Crippen molar-refractivity contribution in [2.45, 2.75) is 37.6 Å². The van der Waals surface area contributed by atoms with Crippen molar-refractivity contribution in [2.24, 2.45) is 0 Å². The van der Waals surface area contributed by atoms with Crippen LogP contribution in [-0.2, 0) is 10.3 Å². The maximum absolute atomic E-state index is 13.0. The average molecular weight is 450 g/mol. The number of nitrogens with zero attached hydrogens (tertiary/aromatic N) is 3. The molecule has 0 bridgehead atoms. The summed E-state index contributed by atoms with van der Waals surface area (Å²) >= 11 is 3.56. The van der Waals surface area contributed by atoms with E-state index in [1.165, 1.54) is 17.5 Å². The molecule has 29 heavy (non-hydrogen) atoms. The molecule has 1 saturated heterocycles. The van der Waals surface area contributed by atoms with Gasteiger partial charge in [-0.2, -0.15) is 0 Å². The number of carbonyl (C=O) groups excluding carboxylic acids is 1. The molecule has 0 N–H and O–H groups in total. The first kappa shape index (κ1) is 18.6. The quantitative estimate of drug-likeness (QED) is 0.547. The Hall–Kier alpha value is -2.40. The van der Waals surface area contributed by atoms with Gasteiger partial charge in [0.1, 0.15) is 5.82 Å². The molecular formula is C24H24BrN3O. The van der Waals surface area contributed by atoms with E-state index in [9.17, 15) is 4.79 Å². The molecule has 2 aromatic carbocycles. The number of aromatic nitrogens is 2. The Balaban J connectivity index is 1.58. The van der Waals surface area contributed by atoms with Crippen LogP contribution in [0, 0.1) is 0 Å². The van der Waals surface area contributed by atoms with Crippen LogP contribution in [0.25, 0.3) is 11.4 Å². The summed E-state index contributed by atoms with van der Waals surface area (Å²) in [5, 5.41) is 0. The first-order valence-electron chi connectivity index (χ1n) is 10.4. The van der Waals surface area contributed by atoms with Crippen LogP contribution in [-0.4, -0.2) is 33.4 Å². The molecule has 4 nitrogen and oxygen atoms in total. The van der Waals surface area contributed by atoms with Crippen molar-refractivity contribution in [3.8, 4) is 11.4 Å². The SMILES string of the molecule is O=C(CCC1(c2ccc(Br)cc2)c2ccccc2-c2nccn21)N1CCCCC1. The maximum atomic E-state index is 13.0. The first-order valence-corrected chi connectivity index (χ1v) is 11.2. The van der Waals surface area contributed by atoms with E-state index in [1.807, 2.05) is 6.20 Å². The number of hydrogen-bond acceptors (Lipinski definition) is 2. The maximum Gasteiger partial charge on any atom is 0.222 e. The van der Waals surface area contributed by atoms with Gasteiger partial charge in [-0.15, -0.1) is 0 Å². The Morgan fingerprint density at radius 3 is 2.59 bits per heavy atom. The Morgan fingerprint density at radius 2 is 1.79 bits per heavy atom.